The third kappa shape index (κ3) is 6.49. The Hall–Kier alpha value is -3.81. The van der Waals surface area contributed by atoms with Crippen LogP contribution in [-0.4, -0.2) is 23.9 Å². The lowest BCUT2D eigenvalue weighted by molar-refractivity contribution is -0.124. The Kier molecular flexibility index (Phi) is 7.59. The van der Waals surface area contributed by atoms with Crippen LogP contribution >= 0.6 is 0 Å². The van der Waals surface area contributed by atoms with Crippen LogP contribution in [0, 0.1) is 0 Å². The monoisotopic (exact) mass is 382 g/mol. The summed E-state index contributed by atoms with van der Waals surface area (Å²) in [6.45, 7) is 0.0571. The van der Waals surface area contributed by atoms with Crippen LogP contribution in [0.3, 0.4) is 0 Å². The van der Waals surface area contributed by atoms with Crippen LogP contribution in [0.1, 0.15) is 11.1 Å². The molecule has 2 aromatic carbocycles. The molecule has 8 nitrogen and oxygen atoms in total. The van der Waals surface area contributed by atoms with Gasteiger partial charge in [0.25, 0.3) is 5.91 Å². The Balaban J connectivity index is 2.05. The first-order valence-electron chi connectivity index (χ1n) is 8.53. The Labute approximate surface area is 162 Å². The summed E-state index contributed by atoms with van der Waals surface area (Å²) in [7, 11) is 0. The number of alkyl carbamates (subject to hydrolysis) is 1. The first kappa shape index (κ1) is 20.5. The fourth-order valence-electron chi connectivity index (χ4n) is 2.37. The van der Waals surface area contributed by atoms with Gasteiger partial charge in [-0.15, -0.1) is 0 Å². The molecule has 0 radical (unpaired) electrons. The number of carbonyl (C=O) groups is 3. The van der Waals surface area contributed by atoms with Crippen LogP contribution in [0.25, 0.3) is 0 Å². The van der Waals surface area contributed by atoms with Gasteiger partial charge >= 0.3 is 6.09 Å². The van der Waals surface area contributed by atoms with Crippen molar-refractivity contribution >= 4 is 17.9 Å². The molecule has 0 unspecified atom stereocenters. The summed E-state index contributed by atoms with van der Waals surface area (Å²) < 4.78 is 5.16. The van der Waals surface area contributed by atoms with E-state index in [1.54, 1.807) is 0 Å². The molecule has 0 aliphatic rings. The van der Waals surface area contributed by atoms with Gasteiger partial charge in [-0.05, 0) is 11.1 Å². The number of hydrogen-bond acceptors (Lipinski definition) is 5. The van der Waals surface area contributed by atoms with Crippen molar-refractivity contribution in [2.75, 3.05) is 0 Å². The summed E-state index contributed by atoms with van der Waals surface area (Å²) in [5.74, 6) is -1.53. The number of benzene rings is 2. The van der Waals surface area contributed by atoms with Gasteiger partial charge in [-0.2, -0.15) is 0 Å². The van der Waals surface area contributed by atoms with E-state index in [0.717, 1.165) is 17.3 Å². The van der Waals surface area contributed by atoms with Crippen molar-refractivity contribution in [3.63, 3.8) is 0 Å². The normalized spacial score (nSPS) is 11.9. The van der Waals surface area contributed by atoms with Crippen LogP contribution in [-0.2, 0) is 27.4 Å². The van der Waals surface area contributed by atoms with Gasteiger partial charge in [-0.1, -0.05) is 60.7 Å². The summed E-state index contributed by atoms with van der Waals surface area (Å²) in [6.07, 6.45) is 0.314. The lowest BCUT2D eigenvalue weighted by Gasteiger charge is -2.19. The first-order chi connectivity index (χ1) is 13.5. The molecule has 0 aliphatic carbocycles. The number of nitrogens with one attached hydrogen (secondary N) is 2. The van der Waals surface area contributed by atoms with E-state index in [2.05, 4.69) is 10.6 Å². The third-order valence-electron chi connectivity index (χ3n) is 3.79. The number of nitrogens with two attached hydrogens (primary N) is 2. The SMILES string of the molecule is NC=C(NC(=O)[C@H](Cc1ccccc1)NC(=O)OCc1ccccc1)C(N)=O. The van der Waals surface area contributed by atoms with Crippen LogP contribution < -0.4 is 22.1 Å². The highest BCUT2D eigenvalue weighted by Crippen LogP contribution is 2.06. The average molecular weight is 382 g/mol. The van der Waals surface area contributed by atoms with Gasteiger partial charge < -0.3 is 26.8 Å². The van der Waals surface area contributed by atoms with Crippen LogP contribution in [0.15, 0.2) is 72.6 Å². The van der Waals surface area contributed by atoms with E-state index in [1.807, 2.05) is 60.7 Å². The highest BCUT2D eigenvalue weighted by atomic mass is 16.5. The molecule has 28 heavy (non-hydrogen) atoms. The molecule has 0 saturated carbocycles. The smallest absolute Gasteiger partial charge is 0.408 e. The molecule has 0 fully saturated rings. The Bertz CT molecular complexity index is 838. The van der Waals surface area contributed by atoms with Gasteiger partial charge in [0.1, 0.15) is 18.3 Å². The molecule has 3 amide bonds. The zero-order valence-corrected chi connectivity index (χ0v) is 15.1. The van der Waals surface area contributed by atoms with Crippen molar-refractivity contribution < 1.29 is 19.1 Å². The predicted octanol–water partition coefficient (Wildman–Crippen LogP) is 0.926. The van der Waals surface area contributed by atoms with E-state index in [1.165, 1.54) is 0 Å². The zero-order chi connectivity index (χ0) is 20.4. The standard InChI is InChI=1S/C20H22N4O4/c21-12-17(18(22)25)23-19(26)16(11-14-7-3-1-4-8-14)24-20(27)28-13-15-9-5-2-6-10-15/h1-10,12,16H,11,13,21H2,(H2,22,25)(H,23,26)(H,24,27)/t16-/m0/s1. The van der Waals surface area contributed by atoms with E-state index >= 15 is 0 Å². The molecule has 2 rings (SSSR count). The van der Waals surface area contributed by atoms with E-state index < -0.39 is 23.9 Å². The topological polar surface area (TPSA) is 137 Å². The maximum absolute atomic E-state index is 12.5. The van der Waals surface area contributed by atoms with E-state index in [0.29, 0.717) is 0 Å². The molecule has 0 bridgehead atoms. The van der Waals surface area contributed by atoms with Gasteiger partial charge in [-0.25, -0.2) is 4.79 Å². The summed E-state index contributed by atoms with van der Waals surface area (Å²) in [4.78, 5) is 36.0. The Morgan fingerprint density at radius 2 is 1.54 bits per heavy atom. The minimum Gasteiger partial charge on any atom is -0.445 e. The van der Waals surface area contributed by atoms with E-state index in [4.69, 9.17) is 16.2 Å². The predicted molar refractivity (Wildman–Crippen MR) is 103 cm³/mol. The number of carbonyl (C=O) groups excluding carboxylic acids is 3. The van der Waals surface area contributed by atoms with Crippen LogP contribution in [0.4, 0.5) is 4.79 Å². The zero-order valence-electron chi connectivity index (χ0n) is 15.1. The molecule has 1 atom stereocenters. The maximum atomic E-state index is 12.5. The second-order valence-corrected chi connectivity index (χ2v) is 5.88. The lowest BCUT2D eigenvalue weighted by atomic mass is 10.1. The third-order valence-corrected chi connectivity index (χ3v) is 3.79. The minimum absolute atomic E-state index is 0.0571. The largest absolute Gasteiger partial charge is 0.445 e. The van der Waals surface area contributed by atoms with Gasteiger partial charge in [0.2, 0.25) is 5.91 Å². The molecule has 146 valence electrons. The number of primary amides is 1. The van der Waals surface area contributed by atoms with Crippen LogP contribution in [0.2, 0.25) is 0 Å². The van der Waals surface area contributed by atoms with E-state index in [9.17, 15) is 14.4 Å². The van der Waals surface area contributed by atoms with Crippen molar-refractivity contribution in [2.24, 2.45) is 11.5 Å². The van der Waals surface area contributed by atoms with Crippen molar-refractivity contribution in [3.8, 4) is 0 Å². The van der Waals surface area contributed by atoms with Crippen molar-refractivity contribution in [1.29, 1.82) is 0 Å². The number of amides is 3. The average Bonchev–Trinajstić information content (AvgIpc) is 2.71. The van der Waals surface area contributed by atoms with Crippen molar-refractivity contribution in [3.05, 3.63) is 83.7 Å². The Morgan fingerprint density at radius 3 is 2.07 bits per heavy atom. The van der Waals surface area contributed by atoms with Gasteiger partial charge in [0.05, 0.1) is 0 Å². The minimum atomic E-state index is -1.00. The molecule has 2 aromatic rings. The first-order valence-corrected chi connectivity index (χ1v) is 8.53. The highest BCUT2D eigenvalue weighted by Gasteiger charge is 2.23. The molecule has 0 heterocycles. The molecule has 0 aromatic heterocycles. The number of rotatable bonds is 8. The molecular weight excluding hydrogens is 360 g/mol. The van der Waals surface area contributed by atoms with Crippen molar-refractivity contribution in [1.82, 2.24) is 10.6 Å². The number of ether oxygens (including phenoxy) is 1. The van der Waals surface area contributed by atoms with Gasteiger partial charge in [0, 0.05) is 12.6 Å². The fraction of sp³-hybridized carbons (Fsp3) is 0.150. The quantitative estimate of drug-likeness (QED) is 0.503. The maximum Gasteiger partial charge on any atom is 0.408 e. The summed E-state index contributed by atoms with van der Waals surface area (Å²) in [5, 5.41) is 4.83. The van der Waals surface area contributed by atoms with Crippen LogP contribution in [0.5, 0.6) is 0 Å². The summed E-state index contributed by atoms with van der Waals surface area (Å²) in [5.41, 5.74) is 11.8. The molecule has 0 spiro atoms. The molecule has 8 heteroatoms. The van der Waals surface area contributed by atoms with Gasteiger partial charge in [-0.3, -0.25) is 9.59 Å². The molecule has 0 saturated heterocycles. The Morgan fingerprint density at radius 1 is 0.964 bits per heavy atom. The second-order valence-electron chi connectivity index (χ2n) is 5.88. The summed E-state index contributed by atoms with van der Waals surface area (Å²) in [6, 6.07) is 17.2. The summed E-state index contributed by atoms with van der Waals surface area (Å²) >= 11 is 0. The fourth-order valence-corrected chi connectivity index (χ4v) is 2.37. The lowest BCUT2D eigenvalue weighted by Crippen LogP contribution is -2.49. The molecular formula is C20H22N4O4. The second kappa shape index (κ2) is 10.4. The molecule has 0 aliphatic heterocycles. The van der Waals surface area contributed by atoms with Gasteiger partial charge in [0.15, 0.2) is 0 Å². The molecule has 6 N–H and O–H groups in total. The van der Waals surface area contributed by atoms with E-state index in [-0.39, 0.29) is 18.7 Å². The van der Waals surface area contributed by atoms with Crippen molar-refractivity contribution in [2.45, 2.75) is 19.1 Å². The number of hydrogen-bond donors (Lipinski definition) is 4. The highest BCUT2D eigenvalue weighted by molar-refractivity contribution is 5.98.